The molecule has 0 aliphatic heterocycles. The van der Waals surface area contributed by atoms with Gasteiger partial charge in [0.25, 0.3) is 0 Å². The van der Waals surface area contributed by atoms with Gasteiger partial charge in [0.05, 0.1) is 28.6 Å². The summed E-state index contributed by atoms with van der Waals surface area (Å²) in [6.45, 7) is 8.17. The fraction of sp³-hybridized carbons (Fsp3) is 0. The van der Waals surface area contributed by atoms with Crippen molar-refractivity contribution in [3.05, 3.63) is 218 Å². The number of aromatic nitrogens is 3. The van der Waals surface area contributed by atoms with Gasteiger partial charge in [0.2, 0.25) is 0 Å². The number of imidazole rings is 1. The number of para-hydroxylation sites is 2. The van der Waals surface area contributed by atoms with Gasteiger partial charge in [0, 0.05) is 27.7 Å². The molecule has 0 radical (unpaired) electrons. The normalized spacial score (nSPS) is 11.9. The van der Waals surface area contributed by atoms with E-state index in [9.17, 15) is 0 Å². The van der Waals surface area contributed by atoms with Crippen molar-refractivity contribution >= 4 is 81.6 Å². The summed E-state index contributed by atoms with van der Waals surface area (Å²) in [7, 11) is 0. The second-order valence-corrected chi connectivity index (χ2v) is 16.1. The van der Waals surface area contributed by atoms with Crippen LogP contribution < -0.4 is 0 Å². The van der Waals surface area contributed by atoms with Crippen molar-refractivity contribution in [1.82, 2.24) is 14.1 Å². The molecule has 0 amide bonds. The summed E-state index contributed by atoms with van der Waals surface area (Å²) in [5.74, 6) is 0.909. The molecule has 0 aliphatic carbocycles. The fourth-order valence-electron chi connectivity index (χ4n) is 10.3. The quantitative estimate of drug-likeness (QED) is 0.0970. The first-order chi connectivity index (χ1) is 30.7. The van der Waals surface area contributed by atoms with Crippen molar-refractivity contribution in [2.45, 2.75) is 0 Å². The van der Waals surface area contributed by atoms with Crippen LogP contribution in [0.2, 0.25) is 0 Å². The van der Waals surface area contributed by atoms with Crippen molar-refractivity contribution in [3.8, 4) is 45.0 Å². The molecule has 2 heterocycles. The maximum Gasteiger partial charge on any atom is 0.195 e. The topological polar surface area (TPSA) is 27.1 Å². The minimum Gasteiger partial charge on any atom is -0.309 e. The van der Waals surface area contributed by atoms with E-state index < -0.39 is 0 Å². The first kappa shape index (κ1) is 34.4. The van der Waals surface area contributed by atoms with Crippen LogP contribution in [0.3, 0.4) is 0 Å². The average molecular weight is 787 g/mol. The summed E-state index contributed by atoms with van der Waals surface area (Å²) in [6.07, 6.45) is 0. The molecule has 0 N–H and O–H groups in total. The Bertz CT molecular complexity index is 3910. The van der Waals surface area contributed by atoms with E-state index in [1.54, 1.807) is 0 Å². The molecule has 286 valence electrons. The molecule has 13 aromatic rings. The monoisotopic (exact) mass is 786 g/mol. The lowest BCUT2D eigenvalue weighted by Gasteiger charge is -2.20. The van der Waals surface area contributed by atoms with Crippen molar-refractivity contribution in [1.29, 1.82) is 0 Å². The zero-order valence-electron chi connectivity index (χ0n) is 33.4. The lowest BCUT2D eigenvalue weighted by Crippen LogP contribution is -1.99. The molecule has 11 aromatic carbocycles. The molecule has 2 aromatic heterocycles. The molecule has 0 bridgehead atoms. The van der Waals surface area contributed by atoms with E-state index in [4.69, 9.17) is 11.6 Å². The standard InChI is InChI=1S/C58H34N4/c1-59-49-33-35-53-57-48(49)31-30-47-46(55-44-21-9-7-19-42(44)54(43-20-8-10-22-45(43)55)41-23-13-17-36-14-5-6-18-40(36)41)32-34-52(56(47)57)61(53)38-26-28-39(29-27-38)62-51-25-12-11-24-50(51)60-58(62)37-15-3-2-4-16-37/h2-35H. The molecule has 0 saturated heterocycles. The fourth-order valence-corrected chi connectivity index (χ4v) is 10.3. The molecule has 0 spiro atoms. The van der Waals surface area contributed by atoms with Gasteiger partial charge in [0.15, 0.2) is 5.69 Å². The van der Waals surface area contributed by atoms with Crippen molar-refractivity contribution in [2.75, 3.05) is 0 Å². The molecular weight excluding hydrogens is 753 g/mol. The van der Waals surface area contributed by atoms with Crippen LogP contribution in [0, 0.1) is 6.57 Å². The molecule has 0 aliphatic rings. The summed E-state index contributed by atoms with van der Waals surface area (Å²) in [5.41, 5.74) is 12.9. The Morgan fingerprint density at radius 3 is 1.60 bits per heavy atom. The summed E-state index contributed by atoms with van der Waals surface area (Å²) in [6, 6.07) is 73.8. The van der Waals surface area contributed by atoms with Crippen LogP contribution in [0.5, 0.6) is 0 Å². The minimum absolute atomic E-state index is 0.662. The van der Waals surface area contributed by atoms with Crippen LogP contribution >= 0.6 is 0 Å². The molecule has 4 heteroatoms. The minimum atomic E-state index is 0.662. The van der Waals surface area contributed by atoms with Crippen LogP contribution in [0.4, 0.5) is 5.69 Å². The van der Waals surface area contributed by atoms with E-state index >= 15 is 0 Å². The number of fused-ring (bicyclic) bond motifs is 4. The summed E-state index contributed by atoms with van der Waals surface area (Å²) in [4.78, 5) is 9.10. The predicted octanol–water partition coefficient (Wildman–Crippen LogP) is 15.7. The number of rotatable bonds is 5. The van der Waals surface area contributed by atoms with Crippen LogP contribution in [0.15, 0.2) is 206 Å². The smallest absolute Gasteiger partial charge is 0.195 e. The summed E-state index contributed by atoms with van der Waals surface area (Å²) >= 11 is 0. The third-order valence-corrected chi connectivity index (χ3v) is 12.9. The summed E-state index contributed by atoms with van der Waals surface area (Å²) in [5, 5.41) is 11.8. The van der Waals surface area contributed by atoms with Crippen molar-refractivity contribution in [3.63, 3.8) is 0 Å². The van der Waals surface area contributed by atoms with E-state index in [0.29, 0.717) is 5.69 Å². The van der Waals surface area contributed by atoms with Crippen molar-refractivity contribution in [2.24, 2.45) is 0 Å². The molecule has 13 rings (SSSR count). The maximum atomic E-state index is 8.17. The van der Waals surface area contributed by atoms with Gasteiger partial charge in [-0.2, -0.15) is 0 Å². The SMILES string of the molecule is [C-]#[N+]c1ccc2c3c1ccc1c(-c4c5ccccc5c(-c5cccc6ccccc56)c5ccccc45)ccc(c13)n2-c1ccc(-n2c(-c3ccccc3)nc3ccccc32)cc1. The summed E-state index contributed by atoms with van der Waals surface area (Å²) < 4.78 is 4.62. The van der Waals surface area contributed by atoms with E-state index in [2.05, 4.69) is 202 Å². The predicted molar refractivity (Wildman–Crippen MR) is 259 cm³/mol. The number of hydrogen-bond acceptors (Lipinski definition) is 1. The molecule has 62 heavy (non-hydrogen) atoms. The zero-order chi connectivity index (χ0) is 40.9. The van der Waals surface area contributed by atoms with Gasteiger partial charge in [-0.05, 0) is 114 Å². The Kier molecular flexibility index (Phi) is 7.34. The second kappa shape index (κ2) is 13.2. The van der Waals surface area contributed by atoms with Crippen LogP contribution in [0.1, 0.15) is 0 Å². The van der Waals surface area contributed by atoms with E-state index in [1.807, 2.05) is 18.2 Å². The van der Waals surface area contributed by atoms with Gasteiger partial charge in [0.1, 0.15) is 5.82 Å². The molecular formula is C58H34N4. The van der Waals surface area contributed by atoms with Gasteiger partial charge in [-0.3, -0.25) is 4.57 Å². The highest BCUT2D eigenvalue weighted by molar-refractivity contribution is 6.31. The highest BCUT2D eigenvalue weighted by atomic mass is 15.1. The van der Waals surface area contributed by atoms with Crippen LogP contribution in [0.25, 0.3) is 126 Å². The van der Waals surface area contributed by atoms with Crippen molar-refractivity contribution < 1.29 is 0 Å². The number of nitrogens with zero attached hydrogens (tertiary/aromatic N) is 4. The highest BCUT2D eigenvalue weighted by Gasteiger charge is 2.24. The van der Waals surface area contributed by atoms with Crippen LogP contribution in [-0.2, 0) is 0 Å². The third kappa shape index (κ3) is 4.85. The molecule has 0 saturated carbocycles. The molecule has 0 unspecified atom stereocenters. The van der Waals surface area contributed by atoms with E-state index in [-0.39, 0.29) is 0 Å². The number of hydrogen-bond donors (Lipinski definition) is 0. The highest BCUT2D eigenvalue weighted by Crippen LogP contribution is 2.50. The van der Waals surface area contributed by atoms with Gasteiger partial charge < -0.3 is 4.57 Å². The van der Waals surface area contributed by atoms with Crippen LogP contribution in [-0.4, -0.2) is 14.1 Å². The molecule has 4 nitrogen and oxygen atoms in total. The van der Waals surface area contributed by atoms with Gasteiger partial charge in [-0.1, -0.05) is 158 Å². The second-order valence-electron chi connectivity index (χ2n) is 16.1. The van der Waals surface area contributed by atoms with E-state index in [0.717, 1.165) is 55.6 Å². The first-order valence-electron chi connectivity index (χ1n) is 21.0. The van der Waals surface area contributed by atoms with Gasteiger partial charge >= 0.3 is 0 Å². The Labute approximate surface area is 356 Å². The zero-order valence-corrected chi connectivity index (χ0v) is 33.4. The Hall–Kier alpha value is -8.52. The third-order valence-electron chi connectivity index (χ3n) is 12.9. The largest absolute Gasteiger partial charge is 0.309 e. The Morgan fingerprint density at radius 1 is 0.371 bits per heavy atom. The number of benzene rings is 11. The molecule has 0 atom stereocenters. The lowest BCUT2D eigenvalue weighted by molar-refractivity contribution is 1.09. The van der Waals surface area contributed by atoms with E-state index in [1.165, 1.54) is 65.3 Å². The van der Waals surface area contributed by atoms with Gasteiger partial charge in [-0.25, -0.2) is 9.83 Å². The average Bonchev–Trinajstić information content (AvgIpc) is 3.90. The molecule has 0 fully saturated rings. The lowest BCUT2D eigenvalue weighted by atomic mass is 9.83. The Balaban J connectivity index is 1.05. The maximum absolute atomic E-state index is 8.17. The Morgan fingerprint density at radius 2 is 0.903 bits per heavy atom. The van der Waals surface area contributed by atoms with Gasteiger partial charge in [-0.15, -0.1) is 0 Å². The first-order valence-corrected chi connectivity index (χ1v) is 21.0.